The van der Waals surface area contributed by atoms with Gasteiger partial charge < -0.3 is 0 Å². The monoisotopic (exact) mass is 499 g/mol. The summed E-state index contributed by atoms with van der Waals surface area (Å²) in [6, 6.07) is 22.6. The molecular formula is C29H26FN3O2S. The van der Waals surface area contributed by atoms with E-state index in [1.165, 1.54) is 23.3 Å². The first kappa shape index (κ1) is 21.9. The molecule has 0 amide bonds. The molecule has 0 radical (unpaired) electrons. The van der Waals surface area contributed by atoms with Gasteiger partial charge in [-0.15, -0.1) is 0 Å². The molecule has 36 heavy (non-hydrogen) atoms. The minimum Gasteiger partial charge on any atom is -0.267 e. The Kier molecular flexibility index (Phi) is 4.64. The number of hydrogen-bond acceptors (Lipinski definition) is 3. The molecule has 1 aliphatic heterocycles. The van der Waals surface area contributed by atoms with Gasteiger partial charge in [0.25, 0.3) is 0 Å². The Morgan fingerprint density at radius 2 is 1.61 bits per heavy atom. The Balaban J connectivity index is 1.27. The van der Waals surface area contributed by atoms with Gasteiger partial charge in [0, 0.05) is 12.6 Å². The number of hydrogen-bond donors (Lipinski definition) is 1. The van der Waals surface area contributed by atoms with Crippen LogP contribution in [-0.2, 0) is 35.5 Å². The normalized spacial score (nSPS) is 25.5. The van der Waals surface area contributed by atoms with Crippen molar-refractivity contribution in [3.8, 4) is 22.5 Å². The summed E-state index contributed by atoms with van der Waals surface area (Å²) >= 11 is 0. The fourth-order valence-electron chi connectivity index (χ4n) is 6.90. The van der Waals surface area contributed by atoms with Crippen molar-refractivity contribution in [1.29, 1.82) is 0 Å². The summed E-state index contributed by atoms with van der Waals surface area (Å²) in [7, 11) is -1.61. The van der Waals surface area contributed by atoms with Gasteiger partial charge in [0.2, 0.25) is 10.0 Å². The van der Waals surface area contributed by atoms with E-state index in [9.17, 15) is 12.8 Å². The zero-order valence-electron chi connectivity index (χ0n) is 19.9. The van der Waals surface area contributed by atoms with Crippen LogP contribution < -0.4 is 4.72 Å². The summed E-state index contributed by atoms with van der Waals surface area (Å²) in [6.45, 7) is 0. The van der Waals surface area contributed by atoms with Gasteiger partial charge in [-0.1, -0.05) is 30.3 Å². The summed E-state index contributed by atoms with van der Waals surface area (Å²) in [4.78, 5) is 0.440. The molecule has 3 atom stereocenters. The molecule has 1 unspecified atom stereocenters. The molecule has 3 aliphatic rings. The molecule has 5 nitrogen and oxygen atoms in total. The third-order valence-corrected chi connectivity index (χ3v) is 10.1. The second-order valence-electron chi connectivity index (χ2n) is 10.4. The van der Waals surface area contributed by atoms with E-state index in [2.05, 4.69) is 22.9 Å². The average Bonchev–Trinajstić information content (AvgIpc) is 3.44. The van der Waals surface area contributed by atoms with Crippen molar-refractivity contribution in [3.63, 3.8) is 0 Å². The quantitative estimate of drug-likeness (QED) is 0.412. The van der Waals surface area contributed by atoms with Crippen LogP contribution in [0, 0.1) is 17.7 Å². The topological polar surface area (TPSA) is 64.0 Å². The molecule has 1 saturated carbocycles. The molecule has 2 aliphatic carbocycles. The van der Waals surface area contributed by atoms with Crippen molar-refractivity contribution in [2.75, 3.05) is 0 Å². The van der Waals surface area contributed by atoms with Crippen molar-refractivity contribution in [2.45, 2.75) is 36.1 Å². The summed E-state index contributed by atoms with van der Waals surface area (Å²) in [6.07, 6.45) is 3.70. The number of fused-ring (bicyclic) bond motifs is 2. The molecule has 4 aromatic rings. The van der Waals surface area contributed by atoms with Crippen LogP contribution in [0.4, 0.5) is 4.39 Å². The van der Waals surface area contributed by atoms with E-state index in [-0.39, 0.29) is 17.7 Å². The van der Waals surface area contributed by atoms with E-state index >= 15 is 0 Å². The highest BCUT2D eigenvalue weighted by atomic mass is 32.2. The lowest BCUT2D eigenvalue weighted by Gasteiger charge is -2.35. The van der Waals surface area contributed by atoms with Gasteiger partial charge in [-0.2, -0.15) is 9.82 Å². The zero-order chi connectivity index (χ0) is 24.7. The molecule has 1 N–H and O–H groups in total. The minimum absolute atomic E-state index is 0.205. The fraction of sp³-hybridized carbons (Fsp3) is 0.276. The van der Waals surface area contributed by atoms with E-state index in [0.29, 0.717) is 4.90 Å². The largest absolute Gasteiger partial charge is 0.267 e. The van der Waals surface area contributed by atoms with Crippen molar-refractivity contribution in [2.24, 2.45) is 18.9 Å². The Morgan fingerprint density at radius 3 is 2.39 bits per heavy atom. The second kappa shape index (κ2) is 7.60. The Labute approximate surface area is 210 Å². The average molecular weight is 500 g/mol. The summed E-state index contributed by atoms with van der Waals surface area (Å²) < 4.78 is 44.6. The third-order valence-electron chi connectivity index (χ3n) is 8.53. The molecular weight excluding hydrogens is 473 g/mol. The maximum absolute atomic E-state index is 13.4. The van der Waals surface area contributed by atoms with Crippen LogP contribution in [0.15, 0.2) is 77.7 Å². The summed E-state index contributed by atoms with van der Waals surface area (Å²) in [5, 5.41) is 4.75. The van der Waals surface area contributed by atoms with Crippen LogP contribution in [0.1, 0.15) is 29.5 Å². The highest BCUT2D eigenvalue weighted by Crippen LogP contribution is 2.57. The maximum atomic E-state index is 13.4. The molecule has 2 bridgehead atoms. The summed E-state index contributed by atoms with van der Waals surface area (Å²) in [5.74, 6) is 0.176. The number of rotatable bonds is 2. The van der Waals surface area contributed by atoms with E-state index in [0.717, 1.165) is 53.8 Å². The molecule has 2 heterocycles. The van der Waals surface area contributed by atoms with Crippen molar-refractivity contribution in [3.05, 3.63) is 95.3 Å². The number of benzene rings is 3. The number of aryl methyl sites for hydroxylation is 1. The lowest BCUT2D eigenvalue weighted by atomic mass is 9.74. The number of aromatic nitrogens is 2. The van der Waals surface area contributed by atoms with Crippen LogP contribution in [0.5, 0.6) is 0 Å². The van der Waals surface area contributed by atoms with Crippen LogP contribution >= 0.6 is 0 Å². The lowest BCUT2D eigenvalue weighted by molar-refractivity contribution is 0.232. The molecule has 7 rings (SSSR count). The van der Waals surface area contributed by atoms with Gasteiger partial charge in [0.05, 0.1) is 21.8 Å². The molecule has 3 aromatic carbocycles. The SMILES string of the molecule is Cn1nc(-c2ccc3c(c2)CC2CC[C@@H](C3)[C@@]23NS(=O)(=O)c2ccccc23)cc1-c1ccc(F)cc1. The zero-order valence-corrected chi connectivity index (χ0v) is 20.7. The first-order chi connectivity index (χ1) is 17.3. The van der Waals surface area contributed by atoms with Crippen LogP contribution in [0.3, 0.4) is 0 Å². The van der Waals surface area contributed by atoms with Gasteiger partial charge in [-0.25, -0.2) is 12.8 Å². The molecule has 1 spiro atoms. The van der Waals surface area contributed by atoms with Crippen molar-refractivity contribution >= 4 is 10.0 Å². The Hall–Kier alpha value is -3.29. The number of halogens is 1. The van der Waals surface area contributed by atoms with Crippen LogP contribution in [0.2, 0.25) is 0 Å². The molecule has 7 heteroatoms. The Morgan fingerprint density at radius 1 is 0.917 bits per heavy atom. The second-order valence-corrected chi connectivity index (χ2v) is 12.0. The highest BCUT2D eigenvalue weighted by molar-refractivity contribution is 7.89. The first-order valence-corrected chi connectivity index (χ1v) is 13.9. The molecule has 1 aromatic heterocycles. The van der Waals surface area contributed by atoms with Crippen molar-refractivity contribution < 1.29 is 12.8 Å². The van der Waals surface area contributed by atoms with E-state index in [4.69, 9.17) is 5.10 Å². The van der Waals surface area contributed by atoms with E-state index in [1.807, 2.05) is 36.0 Å². The fourth-order valence-corrected chi connectivity index (χ4v) is 8.69. The number of sulfonamides is 1. The smallest absolute Gasteiger partial charge is 0.241 e. The van der Waals surface area contributed by atoms with E-state index in [1.54, 1.807) is 18.2 Å². The molecule has 1 fully saturated rings. The maximum Gasteiger partial charge on any atom is 0.241 e. The third kappa shape index (κ3) is 3.09. The van der Waals surface area contributed by atoms with E-state index < -0.39 is 15.6 Å². The predicted octanol–water partition coefficient (Wildman–Crippen LogP) is 5.21. The van der Waals surface area contributed by atoms with Gasteiger partial charge in [0.15, 0.2) is 0 Å². The van der Waals surface area contributed by atoms with Crippen LogP contribution in [0.25, 0.3) is 22.5 Å². The molecule has 182 valence electrons. The van der Waals surface area contributed by atoms with Crippen LogP contribution in [-0.4, -0.2) is 18.2 Å². The summed E-state index contributed by atoms with van der Waals surface area (Å²) in [5.41, 5.74) is 6.73. The van der Waals surface area contributed by atoms with Gasteiger partial charge in [-0.3, -0.25) is 4.68 Å². The van der Waals surface area contributed by atoms with Gasteiger partial charge in [-0.05, 0) is 102 Å². The standard InChI is InChI=1S/C29H26FN3O2S/c1-33-27(18-8-12-24(30)13-9-18)17-26(31-33)20-7-6-19-15-22-10-11-23(16-21(19)14-20)29(22)25-4-2-3-5-28(25)36(34,35)32-29/h2-9,12-14,17,22-23,32H,10-11,15-16H2,1H3/t22-,23?,29+/m0/s1. The van der Waals surface area contributed by atoms with Gasteiger partial charge >= 0.3 is 0 Å². The van der Waals surface area contributed by atoms with Gasteiger partial charge in [0.1, 0.15) is 5.82 Å². The highest BCUT2D eigenvalue weighted by Gasteiger charge is 2.59. The number of nitrogens with one attached hydrogen (secondary N) is 1. The lowest BCUT2D eigenvalue weighted by Crippen LogP contribution is -2.47. The number of nitrogens with zero attached hydrogens (tertiary/aromatic N) is 2. The Bertz CT molecular complexity index is 1630. The predicted molar refractivity (Wildman–Crippen MR) is 136 cm³/mol. The van der Waals surface area contributed by atoms with Crippen molar-refractivity contribution in [1.82, 2.24) is 14.5 Å². The molecule has 0 saturated heterocycles. The first-order valence-electron chi connectivity index (χ1n) is 12.4. The minimum atomic E-state index is -3.51.